The Morgan fingerprint density at radius 3 is 2.53 bits per heavy atom. The van der Waals surface area contributed by atoms with Crippen LogP contribution in [0, 0.1) is 6.92 Å². The number of carbonyl (C=O) groups excluding carboxylic acids is 3. The quantitative estimate of drug-likeness (QED) is 0.167. The van der Waals surface area contributed by atoms with Gasteiger partial charge in [0, 0.05) is 29.7 Å². The summed E-state index contributed by atoms with van der Waals surface area (Å²) in [6.07, 6.45) is 0.190. The van der Waals surface area contributed by atoms with Crippen LogP contribution in [-0.4, -0.2) is 52.8 Å². The van der Waals surface area contributed by atoms with Crippen molar-refractivity contribution in [2.75, 3.05) is 18.8 Å². The fraction of sp³-hybridized carbons (Fsp3) is 0.219. The number of carbonyl (C=O) groups is 3. The van der Waals surface area contributed by atoms with Gasteiger partial charge in [0.25, 0.3) is 5.91 Å². The Hall–Kier alpha value is -4.55. The normalized spacial score (nSPS) is 22.9. The zero-order valence-corrected chi connectivity index (χ0v) is 24.2. The number of benzene rings is 3. The maximum Gasteiger partial charge on any atom is 0.262 e. The standard InChI is InChI=1S/C32H31N5O5S/c1-3-24(39)37-14-22(23(38)15-37)36-31(41)29-26-25-20(11-12-21(33)28(25)43-29)32(35,30(40)27(26)34)19-10-9-18(13-16(19)2)42-17-7-5-4-6-8-17/h3-13,22-23,27,38H,1,14-15,33-35H2,2H3,(H,36,41)/t22-,23+,27?,32?/m0/s1. The van der Waals surface area contributed by atoms with Crippen LogP contribution in [0.3, 0.4) is 0 Å². The zero-order valence-electron chi connectivity index (χ0n) is 23.4. The lowest BCUT2D eigenvalue weighted by atomic mass is 9.69. The van der Waals surface area contributed by atoms with Crippen molar-refractivity contribution in [2.24, 2.45) is 11.5 Å². The van der Waals surface area contributed by atoms with Gasteiger partial charge in [-0.25, -0.2) is 0 Å². The number of para-hydroxylation sites is 1. The number of rotatable bonds is 6. The number of nitrogens with two attached hydrogens (primary N) is 3. The molecule has 0 bridgehead atoms. The van der Waals surface area contributed by atoms with Crippen molar-refractivity contribution in [2.45, 2.75) is 30.7 Å². The average Bonchev–Trinajstić information content (AvgIpc) is 3.57. The third kappa shape index (κ3) is 4.57. The monoisotopic (exact) mass is 597 g/mol. The van der Waals surface area contributed by atoms with E-state index < -0.39 is 35.4 Å². The van der Waals surface area contributed by atoms with Crippen LogP contribution in [0.15, 0.2) is 73.3 Å². The van der Waals surface area contributed by atoms with Crippen molar-refractivity contribution in [1.29, 1.82) is 0 Å². The average molecular weight is 598 g/mol. The molecule has 8 N–H and O–H groups in total. The SMILES string of the molecule is C=CC(=O)N1C[C@@H](O)[C@@H](NC(=O)c2sc3c(N)ccc4c3c2C(N)C(=O)C4(N)c2ccc(Oc3ccccc3)cc2C)C1. The van der Waals surface area contributed by atoms with E-state index in [1.165, 1.54) is 4.90 Å². The van der Waals surface area contributed by atoms with E-state index >= 15 is 0 Å². The van der Waals surface area contributed by atoms with Crippen LogP contribution in [0.1, 0.15) is 38.0 Å². The van der Waals surface area contributed by atoms with Crippen LogP contribution in [0.5, 0.6) is 11.5 Å². The number of aliphatic hydroxyl groups excluding tert-OH is 1. The summed E-state index contributed by atoms with van der Waals surface area (Å²) in [5.41, 5.74) is 21.0. The number of aliphatic hydroxyl groups is 1. The summed E-state index contributed by atoms with van der Waals surface area (Å²) in [5.74, 6) is -0.0745. The molecule has 10 nitrogen and oxygen atoms in total. The molecular weight excluding hydrogens is 566 g/mol. The lowest BCUT2D eigenvalue weighted by molar-refractivity contribution is -0.125. The molecule has 11 heteroatoms. The second-order valence-corrected chi connectivity index (χ2v) is 11.9. The minimum atomic E-state index is -1.62. The highest BCUT2D eigenvalue weighted by atomic mass is 32.1. The largest absolute Gasteiger partial charge is 0.457 e. The van der Waals surface area contributed by atoms with Crippen LogP contribution in [0.2, 0.25) is 0 Å². The van der Waals surface area contributed by atoms with Crippen molar-refractivity contribution in [3.8, 4) is 11.5 Å². The van der Waals surface area contributed by atoms with Crippen molar-refractivity contribution in [3.05, 3.63) is 100 Å². The number of nitrogens with one attached hydrogen (secondary N) is 1. The summed E-state index contributed by atoms with van der Waals surface area (Å²) in [7, 11) is 0. The Morgan fingerprint density at radius 2 is 1.84 bits per heavy atom. The Balaban J connectivity index is 1.40. The van der Waals surface area contributed by atoms with Crippen LogP contribution in [-0.2, 0) is 15.1 Å². The number of Topliss-reactive ketones (excluding diaryl/α,β-unsaturated/α-hetero) is 1. The molecule has 4 atom stereocenters. The van der Waals surface area contributed by atoms with Crippen LogP contribution in [0.25, 0.3) is 10.1 Å². The van der Waals surface area contributed by atoms with Gasteiger partial charge in [-0.3, -0.25) is 14.4 Å². The smallest absolute Gasteiger partial charge is 0.262 e. The van der Waals surface area contributed by atoms with E-state index in [9.17, 15) is 19.5 Å². The third-order valence-corrected chi connectivity index (χ3v) is 9.47. The number of nitrogen functional groups attached to an aromatic ring is 1. The first-order chi connectivity index (χ1) is 20.5. The van der Waals surface area contributed by atoms with E-state index in [-0.39, 0.29) is 23.9 Å². The van der Waals surface area contributed by atoms with E-state index in [0.717, 1.165) is 23.0 Å². The highest BCUT2D eigenvalue weighted by Gasteiger charge is 2.49. The molecule has 1 aliphatic heterocycles. The number of thiophene rings is 1. The molecule has 3 aromatic carbocycles. The molecule has 43 heavy (non-hydrogen) atoms. The Kier molecular flexibility index (Phi) is 7.05. The van der Waals surface area contributed by atoms with Crippen molar-refractivity contribution < 1.29 is 24.2 Å². The van der Waals surface area contributed by atoms with Gasteiger partial charge in [0.05, 0.1) is 27.8 Å². The topological polar surface area (TPSA) is 174 Å². The lowest BCUT2D eigenvalue weighted by Crippen LogP contribution is -2.53. The second kappa shape index (κ2) is 10.6. The van der Waals surface area contributed by atoms with Crippen LogP contribution < -0.4 is 27.3 Å². The van der Waals surface area contributed by atoms with Crippen molar-refractivity contribution in [3.63, 3.8) is 0 Å². The molecule has 220 valence electrons. The van der Waals surface area contributed by atoms with Gasteiger partial charge in [0.2, 0.25) is 5.91 Å². The number of hydrogen-bond acceptors (Lipinski definition) is 9. The molecule has 4 aromatic rings. The Bertz CT molecular complexity index is 1800. The van der Waals surface area contributed by atoms with E-state index in [2.05, 4.69) is 11.9 Å². The minimum absolute atomic E-state index is 0.0639. The van der Waals surface area contributed by atoms with Crippen molar-refractivity contribution in [1.82, 2.24) is 10.2 Å². The summed E-state index contributed by atoms with van der Waals surface area (Å²) in [5, 5.41) is 13.9. The summed E-state index contributed by atoms with van der Waals surface area (Å²) in [6.45, 7) is 5.51. The summed E-state index contributed by atoms with van der Waals surface area (Å²) >= 11 is 1.12. The van der Waals surface area contributed by atoms with Gasteiger partial charge in [0.1, 0.15) is 17.0 Å². The molecule has 2 amide bonds. The van der Waals surface area contributed by atoms with E-state index in [1.807, 2.05) is 43.3 Å². The molecule has 0 saturated carbocycles. The maximum absolute atomic E-state index is 14.2. The molecular formula is C32H31N5O5S. The lowest BCUT2D eigenvalue weighted by Gasteiger charge is -2.37. The van der Waals surface area contributed by atoms with Gasteiger partial charge in [0.15, 0.2) is 5.78 Å². The molecule has 1 saturated heterocycles. The van der Waals surface area contributed by atoms with Crippen LogP contribution in [0.4, 0.5) is 5.69 Å². The fourth-order valence-electron chi connectivity index (χ4n) is 6.07. The Morgan fingerprint density at radius 1 is 1.12 bits per heavy atom. The molecule has 6 rings (SSSR count). The van der Waals surface area contributed by atoms with Gasteiger partial charge >= 0.3 is 0 Å². The van der Waals surface area contributed by atoms with Crippen molar-refractivity contribution >= 4 is 44.7 Å². The molecule has 2 heterocycles. The second-order valence-electron chi connectivity index (χ2n) is 10.9. The summed E-state index contributed by atoms with van der Waals surface area (Å²) < 4.78 is 6.57. The zero-order chi connectivity index (χ0) is 30.6. The summed E-state index contributed by atoms with van der Waals surface area (Å²) in [6, 6.07) is 16.1. The van der Waals surface area contributed by atoms with Gasteiger partial charge in [-0.15, -0.1) is 11.3 Å². The molecule has 1 fully saturated rings. The number of aryl methyl sites for hydroxylation is 1. The number of likely N-dealkylation sites (tertiary alicyclic amines) is 1. The molecule has 1 aliphatic carbocycles. The number of ether oxygens (including phenoxy) is 1. The van der Waals surface area contributed by atoms with Gasteiger partial charge < -0.3 is 37.3 Å². The first-order valence-corrected chi connectivity index (χ1v) is 14.5. The van der Waals surface area contributed by atoms with Gasteiger partial charge in [-0.1, -0.05) is 36.9 Å². The summed E-state index contributed by atoms with van der Waals surface area (Å²) in [4.78, 5) is 41.4. The predicted molar refractivity (Wildman–Crippen MR) is 165 cm³/mol. The van der Waals surface area contributed by atoms with Gasteiger partial charge in [-0.2, -0.15) is 0 Å². The third-order valence-electron chi connectivity index (χ3n) is 8.21. The number of hydrogen-bond donors (Lipinski definition) is 5. The number of β-amino-alcohol motifs (C(OH)–C–C–N with tert-alkyl or cyclic N) is 1. The molecule has 1 aromatic heterocycles. The first-order valence-electron chi connectivity index (χ1n) is 13.7. The predicted octanol–water partition coefficient (Wildman–Crippen LogP) is 2.86. The number of ketones is 1. The molecule has 2 unspecified atom stereocenters. The highest BCUT2D eigenvalue weighted by Crippen LogP contribution is 2.50. The molecule has 0 spiro atoms. The first kappa shape index (κ1) is 28.6. The maximum atomic E-state index is 14.2. The fourth-order valence-corrected chi connectivity index (χ4v) is 7.27. The van der Waals surface area contributed by atoms with Gasteiger partial charge in [-0.05, 0) is 60.0 Å². The number of amides is 2. The number of anilines is 1. The minimum Gasteiger partial charge on any atom is -0.457 e. The van der Waals surface area contributed by atoms with E-state index in [4.69, 9.17) is 21.9 Å². The molecule has 0 radical (unpaired) electrons. The molecule has 2 aliphatic rings. The van der Waals surface area contributed by atoms with Crippen LogP contribution >= 0.6 is 11.3 Å². The van der Waals surface area contributed by atoms with E-state index in [1.54, 1.807) is 24.3 Å². The van der Waals surface area contributed by atoms with E-state index in [0.29, 0.717) is 44.0 Å². The Labute approximate surface area is 251 Å². The number of nitrogens with zero attached hydrogens (tertiary/aromatic N) is 1. The highest BCUT2D eigenvalue weighted by molar-refractivity contribution is 7.21.